The summed E-state index contributed by atoms with van der Waals surface area (Å²) in [5.74, 6) is 0.398. The largest absolute Gasteiger partial charge is 0.496 e. The number of nitrogens with one attached hydrogen (secondary N) is 2. The van der Waals surface area contributed by atoms with Gasteiger partial charge < -0.3 is 4.74 Å². The number of carbonyl (C=O) groups excluding carboxylic acids is 1. The van der Waals surface area contributed by atoms with Gasteiger partial charge in [-0.15, -0.1) is 0 Å². The van der Waals surface area contributed by atoms with Gasteiger partial charge >= 0.3 is 0 Å². The zero-order valence-electron chi connectivity index (χ0n) is 17.5. The minimum absolute atomic E-state index is 0.331. The lowest BCUT2D eigenvalue weighted by Gasteiger charge is -2.02. The number of hydrazone groups is 1. The Morgan fingerprint density at radius 2 is 1.62 bits per heavy atom. The van der Waals surface area contributed by atoms with E-state index in [0.717, 1.165) is 28.0 Å². The molecule has 0 saturated carbocycles. The number of nitrogens with zero attached hydrogens (tertiary/aromatic N) is 2. The SMILES string of the molecule is COc1ccccc1/C=C/C=N\NC(=O)c1cc(-c2ccc(-c3ccccc3)cc2)n[nH]1. The van der Waals surface area contributed by atoms with Gasteiger partial charge in [-0.3, -0.25) is 9.89 Å². The quantitative estimate of drug-likeness (QED) is 0.318. The van der Waals surface area contributed by atoms with Gasteiger partial charge in [0.2, 0.25) is 0 Å². The van der Waals surface area contributed by atoms with Gasteiger partial charge in [-0.2, -0.15) is 10.2 Å². The average molecular weight is 422 g/mol. The van der Waals surface area contributed by atoms with E-state index in [0.29, 0.717) is 11.4 Å². The molecule has 0 atom stereocenters. The first kappa shape index (κ1) is 20.8. The van der Waals surface area contributed by atoms with Crippen molar-refractivity contribution in [3.8, 4) is 28.1 Å². The summed E-state index contributed by atoms with van der Waals surface area (Å²) in [6.45, 7) is 0. The molecule has 0 aliphatic heterocycles. The van der Waals surface area contributed by atoms with Crippen LogP contribution >= 0.6 is 0 Å². The van der Waals surface area contributed by atoms with E-state index in [-0.39, 0.29) is 5.91 Å². The van der Waals surface area contributed by atoms with E-state index in [9.17, 15) is 4.79 Å². The van der Waals surface area contributed by atoms with Gasteiger partial charge in [0.25, 0.3) is 5.91 Å². The number of carbonyl (C=O) groups is 1. The fraction of sp³-hybridized carbons (Fsp3) is 0.0385. The third kappa shape index (κ3) is 4.99. The molecule has 3 aromatic carbocycles. The lowest BCUT2D eigenvalue weighted by Crippen LogP contribution is -2.17. The maximum Gasteiger partial charge on any atom is 0.289 e. The second-order valence-corrected chi connectivity index (χ2v) is 6.93. The summed E-state index contributed by atoms with van der Waals surface area (Å²) in [5.41, 5.74) is 7.62. The van der Waals surface area contributed by atoms with Crippen LogP contribution in [0.4, 0.5) is 0 Å². The molecule has 0 spiro atoms. The molecular formula is C26H22N4O2. The third-order valence-corrected chi connectivity index (χ3v) is 4.85. The average Bonchev–Trinajstić information content (AvgIpc) is 3.35. The van der Waals surface area contributed by atoms with Crippen LogP contribution in [0, 0.1) is 0 Å². The Morgan fingerprint density at radius 1 is 0.938 bits per heavy atom. The molecule has 2 N–H and O–H groups in total. The molecule has 0 saturated heterocycles. The highest BCUT2D eigenvalue weighted by Crippen LogP contribution is 2.24. The predicted octanol–water partition coefficient (Wildman–Crippen LogP) is 5.18. The Bertz CT molecular complexity index is 1240. The monoisotopic (exact) mass is 422 g/mol. The van der Waals surface area contributed by atoms with Crippen LogP contribution in [-0.4, -0.2) is 29.4 Å². The fourth-order valence-corrected chi connectivity index (χ4v) is 3.20. The molecule has 6 heteroatoms. The summed E-state index contributed by atoms with van der Waals surface area (Å²) in [4.78, 5) is 12.3. The summed E-state index contributed by atoms with van der Waals surface area (Å²) in [6, 6.07) is 27.5. The molecule has 4 rings (SSSR count). The second-order valence-electron chi connectivity index (χ2n) is 6.93. The van der Waals surface area contributed by atoms with Gasteiger partial charge in [0.15, 0.2) is 0 Å². The van der Waals surface area contributed by atoms with E-state index in [1.54, 1.807) is 19.3 Å². The number of amides is 1. The Hall–Kier alpha value is -4.45. The van der Waals surface area contributed by atoms with Gasteiger partial charge in [0.05, 0.1) is 12.8 Å². The van der Waals surface area contributed by atoms with Crippen LogP contribution in [0.25, 0.3) is 28.5 Å². The minimum atomic E-state index is -0.369. The topological polar surface area (TPSA) is 79.4 Å². The van der Waals surface area contributed by atoms with Crippen LogP contribution in [-0.2, 0) is 0 Å². The molecule has 0 aliphatic rings. The third-order valence-electron chi connectivity index (χ3n) is 4.85. The summed E-state index contributed by atoms with van der Waals surface area (Å²) >= 11 is 0. The van der Waals surface area contributed by atoms with Gasteiger partial charge in [-0.05, 0) is 35.4 Å². The summed E-state index contributed by atoms with van der Waals surface area (Å²) in [6.07, 6.45) is 5.08. The number of rotatable bonds is 7. The highest BCUT2D eigenvalue weighted by molar-refractivity contribution is 5.94. The zero-order chi connectivity index (χ0) is 22.2. The molecule has 158 valence electrons. The molecule has 0 fully saturated rings. The van der Waals surface area contributed by atoms with Crippen LogP contribution in [0.5, 0.6) is 5.75 Å². The molecule has 1 amide bonds. The van der Waals surface area contributed by atoms with Crippen molar-refractivity contribution in [2.24, 2.45) is 5.10 Å². The Kier molecular flexibility index (Phi) is 6.53. The van der Waals surface area contributed by atoms with E-state index >= 15 is 0 Å². The number of aromatic amines is 1. The van der Waals surface area contributed by atoms with Crippen LogP contribution in [0.3, 0.4) is 0 Å². The van der Waals surface area contributed by atoms with Crippen molar-refractivity contribution < 1.29 is 9.53 Å². The molecule has 1 heterocycles. The zero-order valence-corrected chi connectivity index (χ0v) is 17.5. The maximum atomic E-state index is 12.3. The number of benzene rings is 3. The van der Waals surface area contributed by atoms with Crippen molar-refractivity contribution in [3.63, 3.8) is 0 Å². The predicted molar refractivity (Wildman–Crippen MR) is 127 cm³/mol. The Balaban J connectivity index is 1.36. The van der Waals surface area contributed by atoms with Crippen LogP contribution in [0.1, 0.15) is 16.1 Å². The highest BCUT2D eigenvalue weighted by atomic mass is 16.5. The first-order chi connectivity index (χ1) is 15.7. The molecule has 0 bridgehead atoms. The number of H-pyrrole nitrogens is 1. The van der Waals surface area contributed by atoms with Crippen molar-refractivity contribution in [1.82, 2.24) is 15.6 Å². The number of hydrogen-bond acceptors (Lipinski definition) is 4. The fourth-order valence-electron chi connectivity index (χ4n) is 3.20. The first-order valence-electron chi connectivity index (χ1n) is 10.1. The minimum Gasteiger partial charge on any atom is -0.496 e. The molecule has 0 aliphatic carbocycles. The lowest BCUT2D eigenvalue weighted by atomic mass is 10.0. The van der Waals surface area contributed by atoms with Crippen LogP contribution in [0.15, 0.2) is 96.1 Å². The lowest BCUT2D eigenvalue weighted by molar-refractivity contribution is 0.0950. The van der Waals surface area contributed by atoms with Crippen molar-refractivity contribution >= 4 is 18.2 Å². The van der Waals surface area contributed by atoms with Crippen molar-refractivity contribution in [2.45, 2.75) is 0 Å². The molecule has 32 heavy (non-hydrogen) atoms. The van der Waals surface area contributed by atoms with Gasteiger partial charge in [-0.1, -0.05) is 72.8 Å². The van der Waals surface area contributed by atoms with Gasteiger partial charge in [0.1, 0.15) is 11.4 Å². The maximum absolute atomic E-state index is 12.3. The molecular weight excluding hydrogens is 400 g/mol. The first-order valence-corrected chi connectivity index (χ1v) is 10.1. The van der Waals surface area contributed by atoms with Crippen LogP contribution in [0.2, 0.25) is 0 Å². The van der Waals surface area contributed by atoms with E-state index in [1.165, 1.54) is 6.21 Å². The normalized spacial score (nSPS) is 11.2. The molecule has 6 nitrogen and oxygen atoms in total. The van der Waals surface area contributed by atoms with Crippen molar-refractivity contribution in [1.29, 1.82) is 0 Å². The highest BCUT2D eigenvalue weighted by Gasteiger charge is 2.10. The number of ether oxygens (including phenoxy) is 1. The standard InChI is InChI=1S/C26H22N4O2/c1-32-25-12-6-5-10-22(25)11-7-17-27-30-26(31)24-18-23(28-29-24)21-15-13-20(14-16-21)19-8-3-2-4-9-19/h2-18H,1H3,(H,28,29)(H,30,31)/b11-7+,27-17-. The van der Waals surface area contributed by atoms with E-state index in [1.807, 2.05) is 72.8 Å². The van der Waals surface area contributed by atoms with Crippen molar-refractivity contribution in [2.75, 3.05) is 7.11 Å². The smallest absolute Gasteiger partial charge is 0.289 e. The van der Waals surface area contributed by atoms with Crippen molar-refractivity contribution in [3.05, 3.63) is 102 Å². The van der Waals surface area contributed by atoms with Gasteiger partial charge in [0, 0.05) is 17.3 Å². The second kappa shape index (κ2) is 10.0. The number of methoxy groups -OCH3 is 1. The Labute approximate surface area is 186 Å². The summed E-state index contributed by atoms with van der Waals surface area (Å²) in [7, 11) is 1.62. The summed E-state index contributed by atoms with van der Waals surface area (Å²) < 4.78 is 5.29. The number of para-hydroxylation sites is 1. The number of aromatic nitrogens is 2. The summed E-state index contributed by atoms with van der Waals surface area (Å²) in [5, 5.41) is 11.0. The Morgan fingerprint density at radius 3 is 2.41 bits per heavy atom. The number of hydrogen-bond donors (Lipinski definition) is 2. The van der Waals surface area contributed by atoms with E-state index in [2.05, 4.69) is 32.9 Å². The molecule has 0 radical (unpaired) electrons. The van der Waals surface area contributed by atoms with E-state index in [4.69, 9.17) is 4.74 Å². The molecule has 0 unspecified atom stereocenters. The molecule has 4 aromatic rings. The number of allylic oxidation sites excluding steroid dienone is 1. The van der Waals surface area contributed by atoms with E-state index < -0.39 is 0 Å². The van der Waals surface area contributed by atoms with Gasteiger partial charge in [-0.25, -0.2) is 5.43 Å². The molecule has 1 aromatic heterocycles. The van der Waals surface area contributed by atoms with Crippen LogP contribution < -0.4 is 10.2 Å².